The molecule has 1 fully saturated rings. The molecule has 1 aliphatic rings. The summed E-state index contributed by atoms with van der Waals surface area (Å²) in [5.41, 5.74) is -0.100. The summed E-state index contributed by atoms with van der Waals surface area (Å²) in [6.45, 7) is 8.87. The summed E-state index contributed by atoms with van der Waals surface area (Å²) >= 11 is 0. The van der Waals surface area contributed by atoms with Crippen molar-refractivity contribution in [3.63, 3.8) is 0 Å². The Kier molecular flexibility index (Phi) is 11.1. The topological polar surface area (TPSA) is 42.9 Å². The van der Waals surface area contributed by atoms with Crippen LogP contribution in [0.3, 0.4) is 0 Å². The van der Waals surface area contributed by atoms with E-state index < -0.39 is 11.7 Å². The Hall–Kier alpha value is -1.07. The van der Waals surface area contributed by atoms with Crippen LogP contribution in [-0.4, -0.2) is 68.6 Å². The molecule has 5 nitrogen and oxygen atoms in total. The largest absolute Gasteiger partial charge is 0.416 e. The number of halogens is 4. The number of hydrogen-bond acceptors (Lipinski definition) is 3. The first-order chi connectivity index (χ1) is 12.9. The zero-order chi connectivity index (χ0) is 19.7. The molecular formula is C19H31F3IN5. The maximum absolute atomic E-state index is 12.8. The van der Waals surface area contributed by atoms with Gasteiger partial charge >= 0.3 is 6.18 Å². The van der Waals surface area contributed by atoms with E-state index in [4.69, 9.17) is 0 Å². The van der Waals surface area contributed by atoms with Gasteiger partial charge in [-0.25, -0.2) is 4.99 Å². The zero-order valence-corrected chi connectivity index (χ0v) is 18.9. The van der Waals surface area contributed by atoms with Crippen LogP contribution in [-0.2, 0) is 12.7 Å². The number of guanidine groups is 1. The van der Waals surface area contributed by atoms with E-state index in [1.807, 2.05) is 6.92 Å². The van der Waals surface area contributed by atoms with Crippen molar-refractivity contribution in [2.45, 2.75) is 26.1 Å². The number of benzene rings is 1. The van der Waals surface area contributed by atoms with Crippen molar-refractivity contribution in [3.8, 4) is 0 Å². The lowest BCUT2D eigenvalue weighted by Crippen LogP contribution is -2.42. The van der Waals surface area contributed by atoms with Gasteiger partial charge in [-0.2, -0.15) is 13.2 Å². The standard InChI is InChI=1S/C19H30F3N5.HI/c1-3-23-18(24-8-11-27-10-5-9-26(2)12-13-27)25-15-16-6-4-7-17(14-16)19(20,21)22;/h4,6-7,14H,3,5,8-13,15H2,1-2H3,(H2,23,24,25);1H. The molecule has 1 aromatic carbocycles. The van der Waals surface area contributed by atoms with Crippen LogP contribution in [0, 0.1) is 0 Å². The van der Waals surface area contributed by atoms with Gasteiger partial charge in [0.15, 0.2) is 5.96 Å². The van der Waals surface area contributed by atoms with Gasteiger partial charge in [-0.3, -0.25) is 0 Å². The molecule has 160 valence electrons. The number of hydrogen-bond donors (Lipinski definition) is 2. The van der Waals surface area contributed by atoms with Crippen LogP contribution in [0.1, 0.15) is 24.5 Å². The van der Waals surface area contributed by atoms with Gasteiger partial charge in [-0.05, 0) is 51.2 Å². The summed E-state index contributed by atoms with van der Waals surface area (Å²) in [6, 6.07) is 5.32. The van der Waals surface area contributed by atoms with Gasteiger partial charge < -0.3 is 20.4 Å². The molecule has 9 heteroatoms. The summed E-state index contributed by atoms with van der Waals surface area (Å²) in [7, 11) is 2.14. The van der Waals surface area contributed by atoms with E-state index in [1.54, 1.807) is 6.07 Å². The highest BCUT2D eigenvalue weighted by Gasteiger charge is 2.30. The molecule has 1 aromatic rings. The molecule has 0 radical (unpaired) electrons. The molecule has 1 heterocycles. The van der Waals surface area contributed by atoms with E-state index >= 15 is 0 Å². The lowest BCUT2D eigenvalue weighted by atomic mass is 10.1. The van der Waals surface area contributed by atoms with E-state index in [0.717, 1.165) is 51.4 Å². The Bertz CT molecular complexity index is 609. The highest BCUT2D eigenvalue weighted by atomic mass is 127. The summed E-state index contributed by atoms with van der Waals surface area (Å²) in [5, 5.41) is 6.42. The van der Waals surface area contributed by atoms with E-state index in [2.05, 4.69) is 32.5 Å². The van der Waals surface area contributed by atoms with Crippen molar-refractivity contribution in [2.24, 2.45) is 4.99 Å². The minimum Gasteiger partial charge on any atom is -0.357 e. The summed E-state index contributed by atoms with van der Waals surface area (Å²) < 4.78 is 38.4. The highest BCUT2D eigenvalue weighted by molar-refractivity contribution is 14.0. The van der Waals surface area contributed by atoms with Gasteiger partial charge in [0.2, 0.25) is 0 Å². The summed E-state index contributed by atoms with van der Waals surface area (Å²) in [5.74, 6) is 0.627. The molecule has 0 atom stereocenters. The Labute approximate surface area is 182 Å². The van der Waals surface area contributed by atoms with Crippen molar-refractivity contribution in [1.29, 1.82) is 0 Å². The lowest BCUT2D eigenvalue weighted by Gasteiger charge is -2.21. The second-order valence-corrected chi connectivity index (χ2v) is 6.82. The average molecular weight is 513 g/mol. The molecular weight excluding hydrogens is 482 g/mol. The fourth-order valence-corrected chi connectivity index (χ4v) is 3.01. The van der Waals surface area contributed by atoms with Crippen molar-refractivity contribution >= 4 is 29.9 Å². The first-order valence-corrected chi connectivity index (χ1v) is 9.47. The third-order valence-electron chi connectivity index (χ3n) is 4.55. The monoisotopic (exact) mass is 513 g/mol. The van der Waals surface area contributed by atoms with Gasteiger partial charge in [-0.1, -0.05) is 12.1 Å². The van der Waals surface area contributed by atoms with Crippen molar-refractivity contribution < 1.29 is 13.2 Å². The number of nitrogens with zero attached hydrogens (tertiary/aromatic N) is 3. The summed E-state index contributed by atoms with van der Waals surface area (Å²) in [4.78, 5) is 9.19. The number of alkyl halides is 3. The van der Waals surface area contributed by atoms with Gasteiger partial charge in [-0.15, -0.1) is 24.0 Å². The van der Waals surface area contributed by atoms with Crippen molar-refractivity contribution in [1.82, 2.24) is 20.4 Å². The third kappa shape index (κ3) is 8.95. The van der Waals surface area contributed by atoms with Crippen LogP contribution in [0.4, 0.5) is 13.2 Å². The maximum Gasteiger partial charge on any atom is 0.416 e. The molecule has 0 amide bonds. The molecule has 0 bridgehead atoms. The molecule has 2 N–H and O–H groups in total. The normalized spacial score (nSPS) is 17.0. The summed E-state index contributed by atoms with van der Waals surface area (Å²) in [6.07, 6.45) is -3.16. The Balaban J connectivity index is 0.00000392. The van der Waals surface area contributed by atoms with E-state index in [9.17, 15) is 13.2 Å². The second kappa shape index (κ2) is 12.5. The number of rotatable bonds is 6. The van der Waals surface area contributed by atoms with Crippen LogP contribution in [0.15, 0.2) is 29.3 Å². The van der Waals surface area contributed by atoms with Crippen LogP contribution in [0.25, 0.3) is 0 Å². The molecule has 1 aliphatic heterocycles. The Morgan fingerprint density at radius 3 is 2.64 bits per heavy atom. The fraction of sp³-hybridized carbons (Fsp3) is 0.632. The van der Waals surface area contributed by atoms with Crippen molar-refractivity contribution in [3.05, 3.63) is 35.4 Å². The van der Waals surface area contributed by atoms with E-state index in [1.165, 1.54) is 12.5 Å². The molecule has 0 saturated carbocycles. The van der Waals surface area contributed by atoms with E-state index in [0.29, 0.717) is 18.1 Å². The fourth-order valence-electron chi connectivity index (χ4n) is 3.01. The maximum atomic E-state index is 12.8. The molecule has 0 spiro atoms. The third-order valence-corrected chi connectivity index (χ3v) is 4.55. The zero-order valence-electron chi connectivity index (χ0n) is 16.6. The number of nitrogens with one attached hydrogen (secondary N) is 2. The van der Waals surface area contributed by atoms with Crippen LogP contribution >= 0.6 is 24.0 Å². The smallest absolute Gasteiger partial charge is 0.357 e. The molecule has 2 rings (SSSR count). The van der Waals surface area contributed by atoms with Gasteiger partial charge in [0.05, 0.1) is 12.1 Å². The average Bonchev–Trinajstić information content (AvgIpc) is 2.83. The highest BCUT2D eigenvalue weighted by Crippen LogP contribution is 2.29. The molecule has 0 unspecified atom stereocenters. The van der Waals surface area contributed by atoms with Crippen LogP contribution < -0.4 is 10.6 Å². The molecule has 28 heavy (non-hydrogen) atoms. The molecule has 0 aliphatic carbocycles. The minimum atomic E-state index is -4.33. The SMILES string of the molecule is CCNC(=NCc1cccc(C(F)(F)F)c1)NCCN1CCCN(C)CC1.I. The first kappa shape index (κ1) is 25.0. The predicted octanol–water partition coefficient (Wildman–Crippen LogP) is 3.02. The van der Waals surface area contributed by atoms with Crippen LogP contribution in [0.2, 0.25) is 0 Å². The lowest BCUT2D eigenvalue weighted by molar-refractivity contribution is -0.137. The van der Waals surface area contributed by atoms with E-state index in [-0.39, 0.29) is 30.5 Å². The predicted molar refractivity (Wildman–Crippen MR) is 118 cm³/mol. The minimum absolute atomic E-state index is 0. The first-order valence-electron chi connectivity index (χ1n) is 9.47. The van der Waals surface area contributed by atoms with Crippen LogP contribution in [0.5, 0.6) is 0 Å². The Morgan fingerprint density at radius 2 is 1.93 bits per heavy atom. The molecule has 0 aromatic heterocycles. The number of aliphatic imine (C=N–C) groups is 1. The quantitative estimate of drug-likeness (QED) is 0.349. The number of likely N-dealkylation sites (N-methyl/N-ethyl adjacent to an activating group) is 1. The molecule has 1 saturated heterocycles. The van der Waals surface area contributed by atoms with Crippen molar-refractivity contribution in [2.75, 3.05) is 52.9 Å². The van der Waals surface area contributed by atoms with Gasteiger partial charge in [0, 0.05) is 32.7 Å². The Morgan fingerprint density at radius 1 is 1.14 bits per heavy atom. The second-order valence-electron chi connectivity index (χ2n) is 6.82. The van der Waals surface area contributed by atoms with Gasteiger partial charge in [0.1, 0.15) is 0 Å². The van der Waals surface area contributed by atoms with Gasteiger partial charge in [0.25, 0.3) is 0 Å².